The van der Waals surface area contributed by atoms with Crippen LogP contribution in [0.15, 0.2) is 18.2 Å². The molecule has 20 heavy (non-hydrogen) atoms. The van der Waals surface area contributed by atoms with Crippen molar-refractivity contribution in [3.05, 3.63) is 29.3 Å². The second-order valence-corrected chi connectivity index (χ2v) is 5.42. The standard InChI is InChI=1S/C16H26N2O2/c1-6-12(3)15(17)16(19)18(4)10-13-9-11(2)7-8-14(13)20-5/h7-9,12,15H,6,10,17H2,1-5H3. The molecule has 4 heteroatoms. The molecule has 0 fully saturated rings. The molecule has 0 saturated carbocycles. The van der Waals surface area contributed by atoms with E-state index >= 15 is 0 Å². The Morgan fingerprint density at radius 3 is 2.65 bits per heavy atom. The first-order valence-electron chi connectivity index (χ1n) is 7.04. The average Bonchev–Trinajstić information content (AvgIpc) is 2.45. The minimum atomic E-state index is -0.444. The predicted octanol–water partition coefficient (Wildman–Crippen LogP) is 2.34. The van der Waals surface area contributed by atoms with Gasteiger partial charge in [-0.05, 0) is 18.9 Å². The lowest BCUT2D eigenvalue weighted by molar-refractivity contribution is -0.132. The molecule has 1 aromatic rings. The van der Waals surface area contributed by atoms with Crippen LogP contribution >= 0.6 is 0 Å². The fourth-order valence-electron chi connectivity index (χ4n) is 2.12. The lowest BCUT2D eigenvalue weighted by Crippen LogP contribution is -2.45. The molecule has 2 N–H and O–H groups in total. The van der Waals surface area contributed by atoms with Crippen LogP contribution in [0.4, 0.5) is 0 Å². The number of hydrogen-bond donors (Lipinski definition) is 1. The van der Waals surface area contributed by atoms with Crippen molar-refractivity contribution in [2.45, 2.75) is 39.8 Å². The molecule has 1 rings (SSSR count). The summed E-state index contributed by atoms with van der Waals surface area (Å²) in [6.45, 7) is 6.58. The predicted molar refractivity (Wildman–Crippen MR) is 81.6 cm³/mol. The number of likely N-dealkylation sites (N-methyl/N-ethyl adjacent to an activating group) is 1. The normalized spacial score (nSPS) is 13.7. The molecule has 0 aliphatic carbocycles. The van der Waals surface area contributed by atoms with Gasteiger partial charge in [0.25, 0.3) is 0 Å². The zero-order valence-corrected chi connectivity index (χ0v) is 13.1. The molecule has 0 aromatic heterocycles. The number of benzene rings is 1. The van der Waals surface area contributed by atoms with Crippen molar-refractivity contribution in [1.29, 1.82) is 0 Å². The van der Waals surface area contributed by atoms with Crippen LogP contribution < -0.4 is 10.5 Å². The Balaban J connectivity index is 2.82. The molecule has 1 amide bonds. The van der Waals surface area contributed by atoms with Gasteiger partial charge in [-0.15, -0.1) is 0 Å². The van der Waals surface area contributed by atoms with Crippen molar-refractivity contribution in [3.63, 3.8) is 0 Å². The topological polar surface area (TPSA) is 55.6 Å². The van der Waals surface area contributed by atoms with Crippen molar-refractivity contribution in [1.82, 2.24) is 4.90 Å². The first kappa shape index (κ1) is 16.5. The van der Waals surface area contributed by atoms with E-state index in [-0.39, 0.29) is 11.8 Å². The molecule has 2 atom stereocenters. The average molecular weight is 278 g/mol. The Morgan fingerprint density at radius 2 is 2.10 bits per heavy atom. The van der Waals surface area contributed by atoms with E-state index in [4.69, 9.17) is 10.5 Å². The second kappa shape index (κ2) is 7.29. The van der Waals surface area contributed by atoms with Gasteiger partial charge >= 0.3 is 0 Å². The third-order valence-corrected chi connectivity index (χ3v) is 3.76. The molecule has 0 heterocycles. The lowest BCUT2D eigenvalue weighted by Gasteiger charge is -2.25. The van der Waals surface area contributed by atoms with E-state index in [9.17, 15) is 4.79 Å². The van der Waals surface area contributed by atoms with Crippen LogP contribution in [0, 0.1) is 12.8 Å². The number of ether oxygens (including phenoxy) is 1. The van der Waals surface area contributed by atoms with E-state index in [1.807, 2.05) is 39.0 Å². The molecule has 112 valence electrons. The summed E-state index contributed by atoms with van der Waals surface area (Å²) in [5.41, 5.74) is 8.15. The molecular weight excluding hydrogens is 252 g/mol. The quantitative estimate of drug-likeness (QED) is 0.869. The van der Waals surface area contributed by atoms with Gasteiger partial charge in [-0.2, -0.15) is 0 Å². The van der Waals surface area contributed by atoms with Crippen LogP contribution in [0.1, 0.15) is 31.4 Å². The molecule has 0 saturated heterocycles. The Hall–Kier alpha value is -1.55. The van der Waals surface area contributed by atoms with E-state index in [1.54, 1.807) is 19.1 Å². The van der Waals surface area contributed by atoms with Gasteiger partial charge in [-0.1, -0.05) is 38.0 Å². The molecule has 4 nitrogen and oxygen atoms in total. The van der Waals surface area contributed by atoms with Gasteiger partial charge < -0.3 is 15.4 Å². The van der Waals surface area contributed by atoms with Crippen LogP contribution in [-0.2, 0) is 11.3 Å². The highest BCUT2D eigenvalue weighted by atomic mass is 16.5. The molecular formula is C16H26N2O2. The number of carbonyl (C=O) groups excluding carboxylic acids is 1. The highest BCUT2D eigenvalue weighted by molar-refractivity contribution is 5.81. The van der Waals surface area contributed by atoms with Gasteiger partial charge in [-0.25, -0.2) is 0 Å². The third-order valence-electron chi connectivity index (χ3n) is 3.76. The number of nitrogens with two attached hydrogens (primary N) is 1. The van der Waals surface area contributed by atoms with E-state index in [0.29, 0.717) is 6.54 Å². The van der Waals surface area contributed by atoms with Crippen molar-refractivity contribution in [3.8, 4) is 5.75 Å². The molecule has 1 aromatic carbocycles. The molecule has 0 radical (unpaired) electrons. The van der Waals surface area contributed by atoms with Crippen LogP contribution in [0.5, 0.6) is 5.75 Å². The van der Waals surface area contributed by atoms with Crippen molar-refractivity contribution in [2.75, 3.05) is 14.2 Å². The first-order chi connectivity index (χ1) is 9.40. The number of nitrogens with zero attached hydrogens (tertiary/aromatic N) is 1. The van der Waals surface area contributed by atoms with Crippen molar-refractivity contribution >= 4 is 5.91 Å². The molecule has 0 spiro atoms. The SMILES string of the molecule is CCC(C)C(N)C(=O)N(C)Cc1cc(C)ccc1OC. The fraction of sp³-hybridized carbons (Fsp3) is 0.562. The van der Waals surface area contributed by atoms with E-state index in [2.05, 4.69) is 0 Å². The number of aryl methyl sites for hydroxylation is 1. The van der Waals surface area contributed by atoms with Crippen molar-refractivity contribution in [2.24, 2.45) is 11.7 Å². The van der Waals surface area contributed by atoms with Gasteiger partial charge in [0.1, 0.15) is 5.75 Å². The number of methoxy groups -OCH3 is 1. The summed E-state index contributed by atoms with van der Waals surface area (Å²) in [6, 6.07) is 5.52. The maximum atomic E-state index is 12.3. The van der Waals surface area contributed by atoms with Crippen LogP contribution in [0.25, 0.3) is 0 Å². The second-order valence-electron chi connectivity index (χ2n) is 5.42. The Kier molecular flexibility index (Phi) is 6.02. The number of hydrogen-bond acceptors (Lipinski definition) is 3. The Morgan fingerprint density at radius 1 is 1.45 bits per heavy atom. The smallest absolute Gasteiger partial charge is 0.239 e. The Bertz CT molecular complexity index is 460. The van der Waals surface area contributed by atoms with Crippen LogP contribution in [0.2, 0.25) is 0 Å². The van der Waals surface area contributed by atoms with Gasteiger partial charge in [0, 0.05) is 19.2 Å². The Labute approximate surface area is 121 Å². The van der Waals surface area contributed by atoms with E-state index in [1.165, 1.54) is 0 Å². The summed E-state index contributed by atoms with van der Waals surface area (Å²) in [5, 5.41) is 0. The zero-order valence-electron chi connectivity index (χ0n) is 13.1. The summed E-state index contributed by atoms with van der Waals surface area (Å²) in [7, 11) is 3.42. The van der Waals surface area contributed by atoms with Crippen LogP contribution in [-0.4, -0.2) is 31.0 Å². The minimum Gasteiger partial charge on any atom is -0.496 e. The molecule has 0 aliphatic rings. The largest absolute Gasteiger partial charge is 0.496 e. The number of rotatable bonds is 6. The summed E-state index contributed by atoms with van der Waals surface area (Å²) in [6.07, 6.45) is 0.897. The first-order valence-corrected chi connectivity index (χ1v) is 7.04. The molecule has 0 bridgehead atoms. The lowest BCUT2D eigenvalue weighted by atomic mass is 9.99. The maximum Gasteiger partial charge on any atom is 0.239 e. The summed E-state index contributed by atoms with van der Waals surface area (Å²) < 4.78 is 5.34. The van der Waals surface area contributed by atoms with Gasteiger partial charge in [0.15, 0.2) is 0 Å². The van der Waals surface area contributed by atoms with E-state index in [0.717, 1.165) is 23.3 Å². The molecule has 0 aliphatic heterocycles. The van der Waals surface area contributed by atoms with E-state index < -0.39 is 6.04 Å². The summed E-state index contributed by atoms with van der Waals surface area (Å²) in [4.78, 5) is 14.0. The van der Waals surface area contributed by atoms with Crippen LogP contribution in [0.3, 0.4) is 0 Å². The zero-order chi connectivity index (χ0) is 15.3. The van der Waals surface area contributed by atoms with Gasteiger partial charge in [0.2, 0.25) is 5.91 Å². The summed E-state index contributed by atoms with van der Waals surface area (Å²) >= 11 is 0. The van der Waals surface area contributed by atoms with Gasteiger partial charge in [0.05, 0.1) is 13.2 Å². The maximum absolute atomic E-state index is 12.3. The minimum absolute atomic E-state index is 0.0251. The molecule has 2 unspecified atom stereocenters. The summed E-state index contributed by atoms with van der Waals surface area (Å²) in [5.74, 6) is 0.958. The highest BCUT2D eigenvalue weighted by Crippen LogP contribution is 2.21. The number of carbonyl (C=O) groups is 1. The van der Waals surface area contributed by atoms with Crippen molar-refractivity contribution < 1.29 is 9.53 Å². The third kappa shape index (κ3) is 3.97. The number of amides is 1. The monoisotopic (exact) mass is 278 g/mol. The fourth-order valence-corrected chi connectivity index (χ4v) is 2.12. The highest BCUT2D eigenvalue weighted by Gasteiger charge is 2.23. The van der Waals surface area contributed by atoms with Gasteiger partial charge in [-0.3, -0.25) is 4.79 Å².